The number of aliphatic carboxylic acids is 1. The van der Waals surface area contributed by atoms with Gasteiger partial charge in [0.15, 0.2) is 5.65 Å². The van der Waals surface area contributed by atoms with Gasteiger partial charge < -0.3 is 5.11 Å². The van der Waals surface area contributed by atoms with Crippen LogP contribution in [0.2, 0.25) is 0 Å². The van der Waals surface area contributed by atoms with E-state index >= 15 is 0 Å². The highest BCUT2D eigenvalue weighted by Crippen LogP contribution is 2.44. The molecule has 0 aliphatic heterocycles. The molecular formula is C16H17N5O2. The third-order valence-electron chi connectivity index (χ3n) is 4.43. The van der Waals surface area contributed by atoms with Crippen LogP contribution in [-0.4, -0.2) is 35.6 Å². The lowest BCUT2D eigenvalue weighted by Crippen LogP contribution is -2.10. The Kier molecular flexibility index (Phi) is 2.97. The van der Waals surface area contributed by atoms with E-state index < -0.39 is 5.97 Å². The van der Waals surface area contributed by atoms with Crippen molar-refractivity contribution in [2.24, 2.45) is 7.05 Å². The first-order valence-corrected chi connectivity index (χ1v) is 7.62. The summed E-state index contributed by atoms with van der Waals surface area (Å²) in [4.78, 5) is 15.5. The van der Waals surface area contributed by atoms with Gasteiger partial charge in [-0.15, -0.1) is 0 Å². The molecule has 1 saturated carbocycles. The van der Waals surface area contributed by atoms with Crippen molar-refractivity contribution in [2.75, 3.05) is 0 Å². The summed E-state index contributed by atoms with van der Waals surface area (Å²) in [5.74, 6) is -0.506. The molecule has 0 amide bonds. The van der Waals surface area contributed by atoms with Gasteiger partial charge in [-0.2, -0.15) is 10.2 Å². The smallest absolute Gasteiger partial charge is 0.325 e. The molecule has 7 heteroatoms. The number of hydrogen-bond donors (Lipinski definition) is 1. The fourth-order valence-electron chi connectivity index (χ4n) is 2.99. The number of carboxylic acid groups (broad SMARTS) is 1. The van der Waals surface area contributed by atoms with Crippen molar-refractivity contribution in [1.29, 1.82) is 0 Å². The standard InChI is InChI=1S/C16H17N5O2/c1-9-12(7-18-20(9)2)11-5-6-17-16-14(11)15(10-3-4-10)19-21(16)8-13(22)23/h5-7,10H,3-4,8H2,1-2H3,(H,22,23). The van der Waals surface area contributed by atoms with E-state index in [0.717, 1.165) is 40.7 Å². The Balaban J connectivity index is 2.00. The predicted molar refractivity (Wildman–Crippen MR) is 84.1 cm³/mol. The molecule has 1 aliphatic rings. The molecule has 1 N–H and O–H groups in total. The van der Waals surface area contributed by atoms with Crippen LogP contribution in [0.3, 0.4) is 0 Å². The molecular weight excluding hydrogens is 294 g/mol. The molecule has 3 heterocycles. The van der Waals surface area contributed by atoms with Gasteiger partial charge in [-0.05, 0) is 31.4 Å². The van der Waals surface area contributed by atoms with Gasteiger partial charge in [0.2, 0.25) is 0 Å². The topological polar surface area (TPSA) is 85.8 Å². The lowest BCUT2D eigenvalue weighted by molar-refractivity contribution is -0.137. The first kappa shape index (κ1) is 13.9. The van der Waals surface area contributed by atoms with Gasteiger partial charge in [-0.1, -0.05) is 0 Å². The van der Waals surface area contributed by atoms with Crippen molar-refractivity contribution in [3.63, 3.8) is 0 Å². The van der Waals surface area contributed by atoms with Crippen LogP contribution in [-0.2, 0) is 18.4 Å². The Labute approximate surface area is 132 Å². The van der Waals surface area contributed by atoms with Crippen LogP contribution >= 0.6 is 0 Å². The van der Waals surface area contributed by atoms with E-state index in [4.69, 9.17) is 5.11 Å². The van der Waals surface area contributed by atoms with E-state index in [1.807, 2.05) is 30.9 Å². The SMILES string of the molecule is Cc1c(-c2ccnc3c2c(C2CC2)nn3CC(=O)O)cnn1C. The Morgan fingerprint density at radius 2 is 2.17 bits per heavy atom. The van der Waals surface area contributed by atoms with Gasteiger partial charge in [0.25, 0.3) is 0 Å². The van der Waals surface area contributed by atoms with Gasteiger partial charge in [0.1, 0.15) is 6.54 Å². The number of aromatic nitrogens is 5. The molecule has 23 heavy (non-hydrogen) atoms. The van der Waals surface area contributed by atoms with Crippen LogP contribution < -0.4 is 0 Å². The van der Waals surface area contributed by atoms with Crippen LogP contribution in [0, 0.1) is 6.92 Å². The summed E-state index contributed by atoms with van der Waals surface area (Å²) in [5, 5.41) is 19.0. The minimum atomic E-state index is -0.915. The highest BCUT2D eigenvalue weighted by atomic mass is 16.4. The zero-order chi connectivity index (χ0) is 16.1. The van der Waals surface area contributed by atoms with Crippen LogP contribution in [0.4, 0.5) is 0 Å². The Hall–Kier alpha value is -2.70. The van der Waals surface area contributed by atoms with Gasteiger partial charge in [-0.25, -0.2) is 9.67 Å². The molecule has 0 bridgehead atoms. The molecule has 3 aromatic heterocycles. The monoisotopic (exact) mass is 311 g/mol. The summed E-state index contributed by atoms with van der Waals surface area (Å²) in [7, 11) is 1.91. The Bertz CT molecular complexity index is 920. The van der Waals surface area contributed by atoms with E-state index in [1.54, 1.807) is 6.20 Å². The van der Waals surface area contributed by atoms with Gasteiger partial charge >= 0.3 is 5.97 Å². The van der Waals surface area contributed by atoms with Crippen molar-refractivity contribution >= 4 is 17.0 Å². The number of pyridine rings is 1. The van der Waals surface area contributed by atoms with Crippen molar-refractivity contribution in [3.05, 3.63) is 29.8 Å². The van der Waals surface area contributed by atoms with Gasteiger partial charge in [-0.3, -0.25) is 9.48 Å². The average molecular weight is 311 g/mol. The van der Waals surface area contributed by atoms with Crippen LogP contribution in [0.15, 0.2) is 18.5 Å². The van der Waals surface area contributed by atoms with Crippen molar-refractivity contribution in [2.45, 2.75) is 32.2 Å². The summed E-state index contributed by atoms with van der Waals surface area (Å²) in [6.07, 6.45) is 5.75. The largest absolute Gasteiger partial charge is 0.480 e. The number of rotatable bonds is 4. The molecule has 3 aromatic rings. The van der Waals surface area contributed by atoms with E-state index in [9.17, 15) is 4.79 Å². The second kappa shape index (κ2) is 4.91. The molecule has 1 fully saturated rings. The number of carbonyl (C=O) groups is 1. The molecule has 0 unspecified atom stereocenters. The third-order valence-corrected chi connectivity index (χ3v) is 4.43. The summed E-state index contributed by atoms with van der Waals surface area (Å²) in [6.45, 7) is 1.85. The number of aryl methyl sites for hydroxylation is 1. The minimum absolute atomic E-state index is 0.175. The van der Waals surface area contributed by atoms with Crippen LogP contribution in [0.1, 0.15) is 30.1 Å². The average Bonchev–Trinajstić information content (AvgIpc) is 3.23. The molecule has 0 saturated heterocycles. The van der Waals surface area contributed by atoms with Crippen molar-refractivity contribution in [3.8, 4) is 11.1 Å². The van der Waals surface area contributed by atoms with Gasteiger partial charge in [0.05, 0.1) is 17.3 Å². The zero-order valence-electron chi connectivity index (χ0n) is 13.0. The zero-order valence-corrected chi connectivity index (χ0v) is 13.0. The fourth-order valence-corrected chi connectivity index (χ4v) is 2.99. The van der Waals surface area contributed by atoms with Gasteiger partial charge in [0, 0.05) is 30.4 Å². The minimum Gasteiger partial charge on any atom is -0.480 e. The molecule has 0 aromatic carbocycles. The molecule has 118 valence electrons. The summed E-state index contributed by atoms with van der Waals surface area (Å²) < 4.78 is 3.33. The maximum Gasteiger partial charge on any atom is 0.325 e. The normalized spacial score (nSPS) is 14.5. The molecule has 0 atom stereocenters. The van der Waals surface area contributed by atoms with Crippen molar-refractivity contribution < 1.29 is 9.90 Å². The van der Waals surface area contributed by atoms with Crippen LogP contribution in [0.25, 0.3) is 22.2 Å². The maximum absolute atomic E-state index is 11.1. The molecule has 0 radical (unpaired) electrons. The Morgan fingerprint density at radius 1 is 1.39 bits per heavy atom. The molecule has 1 aliphatic carbocycles. The number of carboxylic acids is 1. The van der Waals surface area contributed by atoms with E-state index in [2.05, 4.69) is 15.2 Å². The number of hydrogen-bond acceptors (Lipinski definition) is 4. The summed E-state index contributed by atoms with van der Waals surface area (Å²) >= 11 is 0. The molecule has 7 nitrogen and oxygen atoms in total. The lowest BCUT2D eigenvalue weighted by atomic mass is 10.0. The van der Waals surface area contributed by atoms with E-state index in [0.29, 0.717) is 11.6 Å². The second-order valence-corrected chi connectivity index (χ2v) is 6.04. The highest BCUT2D eigenvalue weighted by Gasteiger charge is 2.31. The highest BCUT2D eigenvalue weighted by molar-refractivity contribution is 5.96. The summed E-state index contributed by atoms with van der Waals surface area (Å²) in [6, 6.07) is 1.96. The predicted octanol–water partition coefficient (Wildman–Crippen LogP) is 2.10. The van der Waals surface area contributed by atoms with E-state index in [1.165, 1.54) is 4.68 Å². The third kappa shape index (κ3) is 2.19. The molecule has 4 rings (SSSR count). The quantitative estimate of drug-likeness (QED) is 0.797. The molecule has 0 spiro atoms. The first-order valence-electron chi connectivity index (χ1n) is 7.62. The van der Waals surface area contributed by atoms with E-state index in [-0.39, 0.29) is 6.54 Å². The fraction of sp³-hybridized carbons (Fsp3) is 0.375. The second-order valence-electron chi connectivity index (χ2n) is 6.04. The lowest BCUT2D eigenvalue weighted by Gasteiger charge is -2.04. The number of fused-ring (bicyclic) bond motifs is 1. The van der Waals surface area contributed by atoms with Crippen molar-refractivity contribution in [1.82, 2.24) is 24.5 Å². The number of nitrogens with zero attached hydrogens (tertiary/aromatic N) is 5. The summed E-state index contributed by atoms with van der Waals surface area (Å²) in [5.41, 5.74) is 4.73. The Morgan fingerprint density at radius 3 is 2.78 bits per heavy atom. The first-order chi connectivity index (χ1) is 11.1. The maximum atomic E-state index is 11.1. The van der Waals surface area contributed by atoms with Crippen LogP contribution in [0.5, 0.6) is 0 Å².